The molecule has 0 amide bonds. The summed E-state index contributed by atoms with van der Waals surface area (Å²) in [5.74, 6) is 0. The molecular formula is C46H29NO. The lowest BCUT2D eigenvalue weighted by molar-refractivity contribution is 0.672. The van der Waals surface area contributed by atoms with Gasteiger partial charge in [0.1, 0.15) is 11.2 Å². The van der Waals surface area contributed by atoms with Crippen molar-refractivity contribution >= 4 is 82.1 Å². The van der Waals surface area contributed by atoms with E-state index in [1.54, 1.807) is 0 Å². The molecule has 1 heterocycles. The Bertz CT molecular complexity index is 2840. The molecule has 224 valence electrons. The fourth-order valence-electron chi connectivity index (χ4n) is 7.55. The fourth-order valence-corrected chi connectivity index (χ4v) is 7.55. The summed E-state index contributed by atoms with van der Waals surface area (Å²) in [4.78, 5) is 2.38. The molecule has 0 atom stereocenters. The predicted octanol–water partition coefficient (Wildman–Crippen LogP) is 13.3. The van der Waals surface area contributed by atoms with Gasteiger partial charge in [-0.2, -0.15) is 0 Å². The topological polar surface area (TPSA) is 16.4 Å². The van der Waals surface area contributed by atoms with Crippen LogP contribution in [0.15, 0.2) is 180 Å². The molecule has 0 radical (unpaired) electrons. The van der Waals surface area contributed by atoms with E-state index in [9.17, 15) is 0 Å². The first-order valence-electron chi connectivity index (χ1n) is 16.4. The van der Waals surface area contributed by atoms with Crippen molar-refractivity contribution in [1.82, 2.24) is 0 Å². The van der Waals surface area contributed by atoms with Gasteiger partial charge < -0.3 is 9.32 Å². The van der Waals surface area contributed by atoms with E-state index in [1.165, 1.54) is 48.8 Å². The molecule has 0 saturated heterocycles. The minimum Gasteiger partial charge on any atom is -0.455 e. The van der Waals surface area contributed by atoms with E-state index in [2.05, 4.69) is 181 Å². The third-order valence-corrected chi connectivity index (χ3v) is 9.82. The van der Waals surface area contributed by atoms with Crippen molar-refractivity contribution in [2.45, 2.75) is 0 Å². The summed E-state index contributed by atoms with van der Waals surface area (Å²) in [5.41, 5.74) is 7.57. The Morgan fingerprint density at radius 3 is 1.79 bits per heavy atom. The zero-order chi connectivity index (χ0) is 31.6. The van der Waals surface area contributed by atoms with Gasteiger partial charge in [-0.05, 0) is 92.0 Å². The molecule has 0 unspecified atom stereocenters. The molecule has 10 rings (SSSR count). The van der Waals surface area contributed by atoms with Gasteiger partial charge in [-0.25, -0.2) is 0 Å². The largest absolute Gasteiger partial charge is 0.455 e. The van der Waals surface area contributed by atoms with Crippen molar-refractivity contribution in [3.8, 4) is 11.1 Å². The Labute approximate surface area is 277 Å². The number of hydrogen-bond donors (Lipinski definition) is 0. The normalized spacial score (nSPS) is 11.8. The monoisotopic (exact) mass is 611 g/mol. The maximum absolute atomic E-state index is 6.49. The van der Waals surface area contributed by atoms with E-state index in [1.807, 2.05) is 0 Å². The first-order chi connectivity index (χ1) is 23.8. The number of benzene rings is 9. The van der Waals surface area contributed by atoms with E-state index in [4.69, 9.17) is 4.42 Å². The molecule has 0 aliphatic carbocycles. The Morgan fingerprint density at radius 1 is 0.354 bits per heavy atom. The van der Waals surface area contributed by atoms with Gasteiger partial charge in [-0.15, -0.1) is 0 Å². The third-order valence-electron chi connectivity index (χ3n) is 9.82. The Balaban J connectivity index is 1.17. The summed E-state index contributed by atoms with van der Waals surface area (Å²) in [6.07, 6.45) is 0. The zero-order valence-electron chi connectivity index (χ0n) is 26.1. The highest BCUT2D eigenvalue weighted by Gasteiger charge is 2.19. The summed E-state index contributed by atoms with van der Waals surface area (Å²) in [6.45, 7) is 0. The maximum atomic E-state index is 6.49. The third kappa shape index (κ3) is 4.13. The molecule has 9 aromatic carbocycles. The van der Waals surface area contributed by atoms with Crippen molar-refractivity contribution in [3.05, 3.63) is 176 Å². The molecule has 0 saturated carbocycles. The van der Waals surface area contributed by atoms with Crippen LogP contribution in [0.25, 0.3) is 76.2 Å². The number of hydrogen-bond acceptors (Lipinski definition) is 2. The summed E-state index contributed by atoms with van der Waals surface area (Å²) in [5, 5.41) is 12.0. The van der Waals surface area contributed by atoms with E-state index in [-0.39, 0.29) is 0 Å². The average molecular weight is 612 g/mol. The lowest BCUT2D eigenvalue weighted by Gasteiger charge is -2.27. The van der Waals surface area contributed by atoms with Crippen LogP contribution in [0.1, 0.15) is 0 Å². The lowest BCUT2D eigenvalue weighted by atomic mass is 9.93. The molecule has 0 N–H and O–H groups in total. The van der Waals surface area contributed by atoms with Gasteiger partial charge in [0.25, 0.3) is 0 Å². The van der Waals surface area contributed by atoms with Crippen molar-refractivity contribution in [2.75, 3.05) is 4.90 Å². The van der Waals surface area contributed by atoms with Crippen LogP contribution < -0.4 is 4.90 Å². The van der Waals surface area contributed by atoms with E-state index in [0.717, 1.165) is 44.4 Å². The minimum atomic E-state index is 0.890. The van der Waals surface area contributed by atoms with Crippen LogP contribution in [0, 0.1) is 0 Å². The molecule has 2 nitrogen and oxygen atoms in total. The van der Waals surface area contributed by atoms with E-state index >= 15 is 0 Å². The summed E-state index contributed by atoms with van der Waals surface area (Å²) in [6, 6.07) is 63.3. The molecule has 0 aliphatic rings. The smallest absolute Gasteiger partial charge is 0.143 e. The van der Waals surface area contributed by atoms with Crippen LogP contribution in [0.2, 0.25) is 0 Å². The highest BCUT2D eigenvalue weighted by Crippen LogP contribution is 2.43. The molecule has 2 heteroatoms. The highest BCUT2D eigenvalue weighted by molar-refractivity contribution is 6.16. The molecule has 0 spiro atoms. The molecule has 1 aromatic heterocycles. The van der Waals surface area contributed by atoms with E-state index < -0.39 is 0 Å². The van der Waals surface area contributed by atoms with Gasteiger partial charge in [0.05, 0.1) is 5.69 Å². The van der Waals surface area contributed by atoms with Crippen LogP contribution in [0.4, 0.5) is 17.1 Å². The van der Waals surface area contributed by atoms with E-state index in [0.29, 0.717) is 0 Å². The Morgan fingerprint density at radius 2 is 0.979 bits per heavy atom. The maximum Gasteiger partial charge on any atom is 0.143 e. The Hall–Kier alpha value is -6.38. The van der Waals surface area contributed by atoms with Crippen molar-refractivity contribution in [2.24, 2.45) is 0 Å². The standard InChI is InChI=1S/C46H29NO/c1-5-15-37-30(10-1)13-9-19-44(37)47(35-25-27-45-43(29-35)41-26-22-31-11-2-6-16-38(31)46(41)48-45)34-23-20-32(21-24-34)42-28-33-12-3-4-14-36(33)39-17-7-8-18-40(39)42/h1-29H. The second kappa shape index (κ2) is 10.6. The number of fused-ring (bicyclic) bond motifs is 9. The first-order valence-corrected chi connectivity index (χ1v) is 16.4. The number of rotatable bonds is 4. The van der Waals surface area contributed by atoms with Crippen LogP contribution in [0.5, 0.6) is 0 Å². The van der Waals surface area contributed by atoms with Crippen LogP contribution >= 0.6 is 0 Å². The second-order valence-electron chi connectivity index (χ2n) is 12.5. The van der Waals surface area contributed by atoms with Gasteiger partial charge in [-0.3, -0.25) is 0 Å². The SMILES string of the molecule is c1ccc2c(N(c3ccc(-c4cc5ccccc5c5ccccc45)cc3)c3ccc4oc5c6ccccc6ccc5c4c3)cccc2c1. The zero-order valence-corrected chi connectivity index (χ0v) is 26.1. The minimum absolute atomic E-state index is 0.890. The van der Waals surface area contributed by atoms with Crippen LogP contribution in [-0.2, 0) is 0 Å². The summed E-state index contributed by atoms with van der Waals surface area (Å²) in [7, 11) is 0. The highest BCUT2D eigenvalue weighted by atomic mass is 16.3. The molecule has 0 fully saturated rings. The van der Waals surface area contributed by atoms with Gasteiger partial charge in [-0.1, -0.05) is 127 Å². The van der Waals surface area contributed by atoms with Crippen molar-refractivity contribution in [1.29, 1.82) is 0 Å². The van der Waals surface area contributed by atoms with Gasteiger partial charge in [0.2, 0.25) is 0 Å². The summed E-state index contributed by atoms with van der Waals surface area (Å²) >= 11 is 0. The number of nitrogens with zero attached hydrogens (tertiary/aromatic N) is 1. The van der Waals surface area contributed by atoms with Gasteiger partial charge in [0, 0.05) is 32.9 Å². The van der Waals surface area contributed by atoms with Gasteiger partial charge >= 0.3 is 0 Å². The molecule has 0 bridgehead atoms. The predicted molar refractivity (Wildman–Crippen MR) is 204 cm³/mol. The fraction of sp³-hybridized carbons (Fsp3) is 0. The molecule has 48 heavy (non-hydrogen) atoms. The summed E-state index contributed by atoms with van der Waals surface area (Å²) < 4.78 is 6.49. The number of furan rings is 1. The molecular weight excluding hydrogens is 583 g/mol. The second-order valence-corrected chi connectivity index (χ2v) is 12.5. The number of anilines is 3. The van der Waals surface area contributed by atoms with Gasteiger partial charge in [0.15, 0.2) is 0 Å². The first kappa shape index (κ1) is 26.8. The van der Waals surface area contributed by atoms with Crippen molar-refractivity contribution < 1.29 is 4.42 Å². The average Bonchev–Trinajstić information content (AvgIpc) is 3.54. The lowest BCUT2D eigenvalue weighted by Crippen LogP contribution is -2.10. The molecule has 10 aromatic rings. The van der Waals surface area contributed by atoms with Crippen molar-refractivity contribution in [3.63, 3.8) is 0 Å². The Kier molecular flexibility index (Phi) is 5.91. The quantitative estimate of drug-likeness (QED) is 0.184. The van der Waals surface area contributed by atoms with Crippen LogP contribution in [0.3, 0.4) is 0 Å². The van der Waals surface area contributed by atoms with Crippen LogP contribution in [-0.4, -0.2) is 0 Å². The molecule has 0 aliphatic heterocycles.